The van der Waals surface area contributed by atoms with Crippen LogP contribution in [-0.4, -0.2) is 27.9 Å². The van der Waals surface area contributed by atoms with Crippen LogP contribution in [0.4, 0.5) is 4.79 Å². The van der Waals surface area contributed by atoms with Crippen molar-refractivity contribution in [3.8, 4) is 0 Å². The van der Waals surface area contributed by atoms with E-state index in [9.17, 15) is 4.79 Å². The molecule has 20 heavy (non-hydrogen) atoms. The number of pyridine rings is 1. The predicted molar refractivity (Wildman–Crippen MR) is 79.5 cm³/mol. The standard InChI is InChI=1S/C14H18N4OS/c1-10(12-4-6-15-7-5-12)16-14(19)18(3)8-13-9-20-11(2)17-13/h4-7,9-10H,8H2,1-3H3,(H,16,19). The van der Waals surface area contributed by atoms with E-state index in [1.165, 1.54) is 0 Å². The normalized spacial score (nSPS) is 11.9. The molecule has 1 unspecified atom stereocenters. The first-order valence-electron chi connectivity index (χ1n) is 6.39. The van der Waals surface area contributed by atoms with Gasteiger partial charge in [0.25, 0.3) is 0 Å². The van der Waals surface area contributed by atoms with Gasteiger partial charge in [0, 0.05) is 24.8 Å². The molecule has 5 nitrogen and oxygen atoms in total. The fraction of sp³-hybridized carbons (Fsp3) is 0.357. The van der Waals surface area contributed by atoms with Crippen molar-refractivity contribution in [3.63, 3.8) is 0 Å². The minimum absolute atomic E-state index is 0.0508. The van der Waals surface area contributed by atoms with E-state index in [4.69, 9.17) is 0 Å². The van der Waals surface area contributed by atoms with E-state index in [0.717, 1.165) is 16.3 Å². The summed E-state index contributed by atoms with van der Waals surface area (Å²) in [4.78, 5) is 22.1. The van der Waals surface area contributed by atoms with Crippen LogP contribution in [0, 0.1) is 6.92 Å². The minimum atomic E-state index is -0.111. The first-order chi connectivity index (χ1) is 9.56. The Kier molecular flexibility index (Phi) is 4.68. The van der Waals surface area contributed by atoms with Crippen LogP contribution in [0.1, 0.15) is 29.2 Å². The molecule has 2 rings (SSSR count). The summed E-state index contributed by atoms with van der Waals surface area (Å²) in [5.41, 5.74) is 1.95. The Morgan fingerprint density at radius 1 is 1.45 bits per heavy atom. The van der Waals surface area contributed by atoms with Crippen LogP contribution < -0.4 is 5.32 Å². The molecule has 0 saturated carbocycles. The van der Waals surface area contributed by atoms with Gasteiger partial charge in [-0.1, -0.05) is 0 Å². The molecule has 0 radical (unpaired) electrons. The lowest BCUT2D eigenvalue weighted by molar-refractivity contribution is 0.203. The summed E-state index contributed by atoms with van der Waals surface area (Å²) in [7, 11) is 1.77. The Hall–Kier alpha value is -1.95. The number of carbonyl (C=O) groups excluding carboxylic acids is 1. The molecular weight excluding hydrogens is 272 g/mol. The fourth-order valence-electron chi connectivity index (χ4n) is 1.83. The van der Waals surface area contributed by atoms with Crippen LogP contribution in [0.5, 0.6) is 0 Å². The zero-order valence-corrected chi connectivity index (χ0v) is 12.6. The van der Waals surface area contributed by atoms with Crippen molar-refractivity contribution in [1.29, 1.82) is 0 Å². The van der Waals surface area contributed by atoms with Gasteiger partial charge < -0.3 is 10.2 Å². The highest BCUT2D eigenvalue weighted by Crippen LogP contribution is 2.12. The monoisotopic (exact) mass is 290 g/mol. The van der Waals surface area contributed by atoms with Gasteiger partial charge in [-0.15, -0.1) is 11.3 Å². The third kappa shape index (κ3) is 3.77. The Labute approximate surface area is 122 Å². The van der Waals surface area contributed by atoms with Crippen LogP contribution >= 0.6 is 11.3 Å². The molecule has 0 aliphatic carbocycles. The first-order valence-corrected chi connectivity index (χ1v) is 7.27. The number of rotatable bonds is 4. The second-order valence-electron chi connectivity index (χ2n) is 4.67. The van der Waals surface area contributed by atoms with E-state index in [1.807, 2.05) is 31.4 Å². The van der Waals surface area contributed by atoms with Crippen LogP contribution in [0.2, 0.25) is 0 Å². The smallest absolute Gasteiger partial charge is 0.317 e. The second kappa shape index (κ2) is 6.47. The van der Waals surface area contributed by atoms with Crippen LogP contribution in [0.15, 0.2) is 29.9 Å². The van der Waals surface area contributed by atoms with Gasteiger partial charge in [-0.25, -0.2) is 9.78 Å². The highest BCUT2D eigenvalue weighted by Gasteiger charge is 2.14. The molecule has 2 heterocycles. The van der Waals surface area contributed by atoms with Crippen molar-refractivity contribution < 1.29 is 4.79 Å². The van der Waals surface area contributed by atoms with E-state index in [1.54, 1.807) is 35.7 Å². The number of hydrogen-bond acceptors (Lipinski definition) is 4. The molecule has 0 bridgehead atoms. The topological polar surface area (TPSA) is 58.1 Å². The maximum Gasteiger partial charge on any atom is 0.317 e. The summed E-state index contributed by atoms with van der Waals surface area (Å²) >= 11 is 1.59. The van der Waals surface area contributed by atoms with Gasteiger partial charge in [0.15, 0.2) is 0 Å². The summed E-state index contributed by atoms with van der Waals surface area (Å²) in [6.07, 6.45) is 3.44. The second-order valence-corrected chi connectivity index (χ2v) is 5.73. The highest BCUT2D eigenvalue weighted by molar-refractivity contribution is 7.09. The molecule has 6 heteroatoms. The Morgan fingerprint density at radius 2 is 2.15 bits per heavy atom. The highest BCUT2D eigenvalue weighted by atomic mass is 32.1. The zero-order chi connectivity index (χ0) is 14.5. The number of nitrogens with zero attached hydrogens (tertiary/aromatic N) is 3. The Bertz CT molecular complexity index is 570. The van der Waals surface area contributed by atoms with Crippen LogP contribution in [0.3, 0.4) is 0 Å². The summed E-state index contributed by atoms with van der Waals surface area (Å²) < 4.78 is 0. The lowest BCUT2D eigenvalue weighted by Gasteiger charge is -2.20. The van der Waals surface area contributed by atoms with Gasteiger partial charge in [0.2, 0.25) is 0 Å². The number of urea groups is 1. The maximum absolute atomic E-state index is 12.1. The number of aromatic nitrogens is 2. The molecule has 2 amide bonds. The lowest BCUT2D eigenvalue weighted by Crippen LogP contribution is -2.38. The van der Waals surface area contributed by atoms with E-state index < -0.39 is 0 Å². The molecule has 106 valence electrons. The van der Waals surface area contributed by atoms with Crippen molar-refractivity contribution in [2.24, 2.45) is 0 Å². The molecule has 0 fully saturated rings. The van der Waals surface area contributed by atoms with Gasteiger partial charge in [-0.2, -0.15) is 0 Å². The Balaban J connectivity index is 1.91. The summed E-state index contributed by atoms with van der Waals surface area (Å²) in [6.45, 7) is 4.42. The number of nitrogens with one attached hydrogen (secondary N) is 1. The number of thiazole rings is 1. The molecule has 0 aliphatic heterocycles. The van der Waals surface area contributed by atoms with E-state index in [-0.39, 0.29) is 12.1 Å². The van der Waals surface area contributed by atoms with Gasteiger partial charge >= 0.3 is 6.03 Å². The number of amides is 2. The molecule has 2 aromatic heterocycles. The van der Waals surface area contributed by atoms with E-state index >= 15 is 0 Å². The molecule has 0 saturated heterocycles. The summed E-state index contributed by atoms with van der Waals surface area (Å²) in [6, 6.07) is 3.63. The van der Waals surface area contributed by atoms with Gasteiger partial charge in [-0.3, -0.25) is 4.98 Å². The molecule has 1 N–H and O–H groups in total. The quantitative estimate of drug-likeness (QED) is 0.942. The number of aryl methyl sites for hydroxylation is 1. The van der Waals surface area contributed by atoms with Crippen LogP contribution in [0.25, 0.3) is 0 Å². The van der Waals surface area contributed by atoms with Crippen molar-refractivity contribution in [3.05, 3.63) is 46.2 Å². The number of carbonyl (C=O) groups is 1. The van der Waals surface area contributed by atoms with Crippen LogP contribution in [-0.2, 0) is 6.54 Å². The van der Waals surface area contributed by atoms with Gasteiger partial charge in [0.1, 0.15) is 0 Å². The van der Waals surface area contributed by atoms with Crippen molar-refractivity contribution in [1.82, 2.24) is 20.2 Å². The lowest BCUT2D eigenvalue weighted by atomic mass is 10.1. The van der Waals surface area contributed by atoms with Crippen molar-refractivity contribution in [2.75, 3.05) is 7.05 Å². The number of hydrogen-bond donors (Lipinski definition) is 1. The molecule has 2 aromatic rings. The zero-order valence-electron chi connectivity index (χ0n) is 11.8. The average Bonchev–Trinajstić information content (AvgIpc) is 2.85. The molecule has 0 spiro atoms. The minimum Gasteiger partial charge on any atom is -0.331 e. The SMILES string of the molecule is Cc1nc(CN(C)C(=O)NC(C)c2ccncc2)cs1. The van der Waals surface area contributed by atoms with Crippen molar-refractivity contribution in [2.45, 2.75) is 26.4 Å². The van der Waals surface area contributed by atoms with E-state index in [0.29, 0.717) is 6.54 Å². The maximum atomic E-state index is 12.1. The molecular formula is C14H18N4OS. The van der Waals surface area contributed by atoms with Gasteiger partial charge in [0.05, 0.1) is 23.3 Å². The molecule has 0 aliphatic rings. The fourth-order valence-corrected chi connectivity index (χ4v) is 2.43. The van der Waals surface area contributed by atoms with Crippen molar-refractivity contribution >= 4 is 17.4 Å². The predicted octanol–water partition coefficient (Wildman–Crippen LogP) is 2.75. The van der Waals surface area contributed by atoms with Gasteiger partial charge in [-0.05, 0) is 31.5 Å². The molecule has 0 aromatic carbocycles. The largest absolute Gasteiger partial charge is 0.331 e. The third-order valence-corrected chi connectivity index (χ3v) is 3.78. The Morgan fingerprint density at radius 3 is 2.75 bits per heavy atom. The first kappa shape index (κ1) is 14.5. The third-order valence-electron chi connectivity index (χ3n) is 2.96. The summed E-state index contributed by atoms with van der Waals surface area (Å²) in [5.74, 6) is 0. The average molecular weight is 290 g/mol. The summed E-state index contributed by atoms with van der Waals surface area (Å²) in [5, 5.41) is 5.95. The van der Waals surface area contributed by atoms with E-state index in [2.05, 4.69) is 15.3 Å². The molecule has 1 atom stereocenters.